The minimum atomic E-state index is 0.221. The van der Waals surface area contributed by atoms with Crippen molar-refractivity contribution in [3.05, 3.63) is 30.1 Å². The minimum Gasteiger partial charge on any atom is -0.493 e. The normalized spacial score (nSPS) is 10.2. The lowest BCUT2D eigenvalue weighted by Gasteiger charge is -2.09. The van der Waals surface area contributed by atoms with Gasteiger partial charge in [0, 0.05) is 0 Å². The molecule has 2 N–H and O–H groups in total. The number of hydrogen-bond acceptors (Lipinski definition) is 5. The predicted octanol–water partition coefficient (Wildman–Crippen LogP) is 1.83. The monoisotopic (exact) mass is 230 g/mol. The van der Waals surface area contributed by atoms with Crippen LogP contribution in [0.25, 0.3) is 11.4 Å². The van der Waals surface area contributed by atoms with E-state index < -0.39 is 0 Å². The number of ether oxygens (including phenoxy) is 1. The second-order valence-electron chi connectivity index (χ2n) is 3.49. The fourth-order valence-electron chi connectivity index (χ4n) is 1.56. The first-order valence-electron chi connectivity index (χ1n) is 5.41. The van der Waals surface area contributed by atoms with Crippen LogP contribution < -0.4 is 10.5 Å². The van der Waals surface area contributed by atoms with Gasteiger partial charge in [-0.05, 0) is 26.0 Å². The van der Waals surface area contributed by atoms with Gasteiger partial charge < -0.3 is 10.5 Å². The summed E-state index contributed by atoms with van der Waals surface area (Å²) in [6, 6.07) is 7.60. The maximum atomic E-state index is 5.62. The molecular formula is C12H14N4O. The molecule has 0 saturated heterocycles. The molecule has 0 atom stereocenters. The Balaban J connectivity index is 2.51. The maximum absolute atomic E-state index is 5.62. The van der Waals surface area contributed by atoms with Gasteiger partial charge in [0.2, 0.25) is 5.95 Å². The van der Waals surface area contributed by atoms with Gasteiger partial charge in [-0.3, -0.25) is 0 Å². The van der Waals surface area contributed by atoms with Gasteiger partial charge in [0.15, 0.2) is 5.82 Å². The second-order valence-corrected chi connectivity index (χ2v) is 3.49. The number of benzene rings is 1. The first-order chi connectivity index (χ1) is 8.20. The van der Waals surface area contributed by atoms with E-state index in [1.165, 1.54) is 0 Å². The van der Waals surface area contributed by atoms with Crippen molar-refractivity contribution >= 4 is 5.95 Å². The van der Waals surface area contributed by atoms with Gasteiger partial charge in [-0.25, -0.2) is 4.98 Å². The summed E-state index contributed by atoms with van der Waals surface area (Å²) in [6.07, 6.45) is 0. The highest BCUT2D eigenvalue weighted by Crippen LogP contribution is 2.27. The number of anilines is 1. The van der Waals surface area contributed by atoms with Crippen LogP contribution in [-0.2, 0) is 0 Å². The van der Waals surface area contributed by atoms with Crippen LogP contribution in [0.5, 0.6) is 5.75 Å². The molecule has 5 nitrogen and oxygen atoms in total. The van der Waals surface area contributed by atoms with E-state index in [9.17, 15) is 0 Å². The molecule has 2 aromatic rings. The molecule has 0 aliphatic heterocycles. The molecule has 0 fully saturated rings. The smallest absolute Gasteiger partial charge is 0.223 e. The zero-order valence-corrected chi connectivity index (χ0v) is 9.84. The number of aromatic nitrogens is 3. The van der Waals surface area contributed by atoms with E-state index in [0.717, 1.165) is 11.3 Å². The molecular weight excluding hydrogens is 216 g/mol. The van der Waals surface area contributed by atoms with Crippen LogP contribution in [-0.4, -0.2) is 21.6 Å². The first-order valence-corrected chi connectivity index (χ1v) is 5.41. The van der Waals surface area contributed by atoms with Crippen molar-refractivity contribution in [3.8, 4) is 17.1 Å². The molecule has 0 amide bonds. The van der Waals surface area contributed by atoms with Crippen LogP contribution in [0.2, 0.25) is 0 Å². The number of para-hydroxylation sites is 1. The summed E-state index contributed by atoms with van der Waals surface area (Å²) in [5.74, 6) is 2.11. The number of hydrogen-bond donors (Lipinski definition) is 1. The molecule has 1 aromatic heterocycles. The molecule has 0 aliphatic rings. The molecule has 88 valence electrons. The largest absolute Gasteiger partial charge is 0.493 e. The van der Waals surface area contributed by atoms with E-state index in [4.69, 9.17) is 10.5 Å². The number of nitrogens with zero attached hydrogens (tertiary/aromatic N) is 3. The van der Waals surface area contributed by atoms with Crippen LogP contribution in [0.4, 0.5) is 5.95 Å². The fraction of sp³-hybridized carbons (Fsp3) is 0.250. The fourth-order valence-corrected chi connectivity index (χ4v) is 1.56. The van der Waals surface area contributed by atoms with Crippen molar-refractivity contribution in [2.45, 2.75) is 13.8 Å². The average molecular weight is 230 g/mol. The summed E-state index contributed by atoms with van der Waals surface area (Å²) in [4.78, 5) is 12.3. The minimum absolute atomic E-state index is 0.221. The quantitative estimate of drug-likeness (QED) is 0.870. The van der Waals surface area contributed by atoms with E-state index in [2.05, 4.69) is 15.0 Å². The van der Waals surface area contributed by atoms with Crippen LogP contribution >= 0.6 is 0 Å². The van der Waals surface area contributed by atoms with E-state index in [1.54, 1.807) is 6.92 Å². The van der Waals surface area contributed by atoms with Crippen LogP contribution in [0, 0.1) is 6.92 Å². The van der Waals surface area contributed by atoms with Crippen molar-refractivity contribution in [2.24, 2.45) is 0 Å². The summed E-state index contributed by atoms with van der Waals surface area (Å²) < 4.78 is 5.53. The Morgan fingerprint density at radius 1 is 1.18 bits per heavy atom. The summed E-state index contributed by atoms with van der Waals surface area (Å²) in [5.41, 5.74) is 6.44. The Labute approximate surface area is 99.7 Å². The van der Waals surface area contributed by atoms with E-state index in [1.807, 2.05) is 31.2 Å². The molecule has 1 aromatic carbocycles. The van der Waals surface area contributed by atoms with Gasteiger partial charge in [-0.2, -0.15) is 9.97 Å². The summed E-state index contributed by atoms with van der Waals surface area (Å²) in [7, 11) is 0. The zero-order chi connectivity index (χ0) is 12.3. The first kappa shape index (κ1) is 11.3. The molecule has 0 radical (unpaired) electrons. The Morgan fingerprint density at radius 3 is 2.65 bits per heavy atom. The molecule has 0 spiro atoms. The number of nitrogen functional groups attached to an aromatic ring is 1. The van der Waals surface area contributed by atoms with Gasteiger partial charge in [0.1, 0.15) is 11.6 Å². The molecule has 5 heteroatoms. The van der Waals surface area contributed by atoms with Crippen LogP contribution in [0.15, 0.2) is 24.3 Å². The number of rotatable bonds is 3. The molecule has 0 unspecified atom stereocenters. The second kappa shape index (κ2) is 4.78. The Hall–Kier alpha value is -2.17. The third-order valence-corrected chi connectivity index (χ3v) is 2.19. The number of aryl methyl sites for hydroxylation is 1. The Bertz CT molecular complexity index is 507. The van der Waals surface area contributed by atoms with Crippen LogP contribution in [0.1, 0.15) is 12.7 Å². The van der Waals surface area contributed by atoms with Gasteiger partial charge in [-0.15, -0.1) is 0 Å². The highest BCUT2D eigenvalue weighted by Gasteiger charge is 2.09. The summed E-state index contributed by atoms with van der Waals surface area (Å²) in [5, 5.41) is 0. The van der Waals surface area contributed by atoms with Gasteiger partial charge >= 0.3 is 0 Å². The van der Waals surface area contributed by atoms with Crippen LogP contribution in [0.3, 0.4) is 0 Å². The van der Waals surface area contributed by atoms with Crippen molar-refractivity contribution < 1.29 is 4.74 Å². The summed E-state index contributed by atoms with van der Waals surface area (Å²) in [6.45, 7) is 4.31. The third kappa shape index (κ3) is 2.50. The number of nitrogens with two attached hydrogens (primary N) is 1. The lowest BCUT2D eigenvalue weighted by atomic mass is 10.2. The lowest BCUT2D eigenvalue weighted by molar-refractivity contribution is 0.341. The van der Waals surface area contributed by atoms with Crippen molar-refractivity contribution in [1.29, 1.82) is 0 Å². The third-order valence-electron chi connectivity index (χ3n) is 2.19. The van der Waals surface area contributed by atoms with Gasteiger partial charge in [0.05, 0.1) is 12.2 Å². The topological polar surface area (TPSA) is 73.9 Å². The van der Waals surface area contributed by atoms with Gasteiger partial charge in [0.25, 0.3) is 0 Å². The highest BCUT2D eigenvalue weighted by atomic mass is 16.5. The van der Waals surface area contributed by atoms with Crippen molar-refractivity contribution in [1.82, 2.24) is 15.0 Å². The Kier molecular flexibility index (Phi) is 3.18. The standard InChI is InChI=1S/C12H14N4O/c1-3-17-10-7-5-4-6-9(10)11-14-8(2)15-12(13)16-11/h4-7H,3H2,1-2H3,(H2,13,14,15,16). The molecule has 2 rings (SSSR count). The van der Waals surface area contributed by atoms with E-state index in [-0.39, 0.29) is 5.95 Å². The molecule has 17 heavy (non-hydrogen) atoms. The molecule has 0 saturated carbocycles. The molecule has 0 aliphatic carbocycles. The molecule has 1 heterocycles. The average Bonchev–Trinajstić information content (AvgIpc) is 2.29. The van der Waals surface area contributed by atoms with Crippen molar-refractivity contribution in [3.63, 3.8) is 0 Å². The SMILES string of the molecule is CCOc1ccccc1-c1nc(C)nc(N)n1. The highest BCUT2D eigenvalue weighted by molar-refractivity contribution is 5.64. The van der Waals surface area contributed by atoms with Crippen molar-refractivity contribution in [2.75, 3.05) is 12.3 Å². The Morgan fingerprint density at radius 2 is 1.94 bits per heavy atom. The maximum Gasteiger partial charge on any atom is 0.223 e. The van der Waals surface area contributed by atoms with E-state index >= 15 is 0 Å². The lowest BCUT2D eigenvalue weighted by Crippen LogP contribution is -2.03. The zero-order valence-electron chi connectivity index (χ0n) is 9.84. The summed E-state index contributed by atoms with van der Waals surface area (Å²) >= 11 is 0. The predicted molar refractivity (Wildman–Crippen MR) is 65.6 cm³/mol. The molecule has 0 bridgehead atoms. The van der Waals surface area contributed by atoms with E-state index in [0.29, 0.717) is 18.3 Å². The van der Waals surface area contributed by atoms with Gasteiger partial charge in [-0.1, -0.05) is 12.1 Å².